The summed E-state index contributed by atoms with van der Waals surface area (Å²) < 4.78 is 0.350. The summed E-state index contributed by atoms with van der Waals surface area (Å²) >= 11 is 2.08. The third-order valence-electron chi connectivity index (χ3n) is 4.88. The van der Waals surface area contributed by atoms with Crippen LogP contribution in [0.5, 0.6) is 0 Å². The van der Waals surface area contributed by atoms with Gasteiger partial charge in [0.25, 0.3) is 0 Å². The van der Waals surface area contributed by atoms with E-state index in [4.69, 9.17) is 4.99 Å². The molecule has 0 bridgehead atoms. The molecule has 2 aliphatic heterocycles. The summed E-state index contributed by atoms with van der Waals surface area (Å²) in [6, 6.07) is 0.666. The first-order valence-electron chi connectivity index (χ1n) is 9.07. The number of hydrogen-bond acceptors (Lipinski definition) is 3. The van der Waals surface area contributed by atoms with Crippen molar-refractivity contribution in [1.29, 1.82) is 0 Å². The highest BCUT2D eigenvalue weighted by atomic mass is 127. The van der Waals surface area contributed by atoms with Gasteiger partial charge in [-0.3, -0.25) is 9.89 Å². The van der Waals surface area contributed by atoms with E-state index in [0.29, 0.717) is 10.8 Å². The van der Waals surface area contributed by atoms with Crippen LogP contribution in [0.25, 0.3) is 0 Å². The minimum absolute atomic E-state index is 0. The van der Waals surface area contributed by atoms with Gasteiger partial charge in [0.2, 0.25) is 0 Å². The lowest BCUT2D eigenvalue weighted by Crippen LogP contribution is -2.49. The summed E-state index contributed by atoms with van der Waals surface area (Å²) in [4.78, 5) is 7.46. The molecule has 2 aliphatic rings. The van der Waals surface area contributed by atoms with E-state index in [1.165, 1.54) is 44.4 Å². The molecular weight excluding hydrogens is 419 g/mol. The van der Waals surface area contributed by atoms with Gasteiger partial charge < -0.3 is 10.6 Å². The van der Waals surface area contributed by atoms with Gasteiger partial charge in [0, 0.05) is 23.9 Å². The van der Waals surface area contributed by atoms with Gasteiger partial charge >= 0.3 is 0 Å². The first-order chi connectivity index (χ1) is 10.7. The largest absolute Gasteiger partial charge is 0.357 e. The molecule has 0 radical (unpaired) electrons. The Labute approximate surface area is 164 Å². The zero-order chi connectivity index (χ0) is 15.8. The Morgan fingerprint density at radius 1 is 1.26 bits per heavy atom. The summed E-state index contributed by atoms with van der Waals surface area (Å²) in [5.41, 5.74) is 0. The van der Waals surface area contributed by atoms with Crippen LogP contribution in [0.4, 0.5) is 0 Å². The molecule has 2 saturated heterocycles. The molecule has 0 saturated carbocycles. The number of likely N-dealkylation sites (tertiary alicyclic amines) is 1. The van der Waals surface area contributed by atoms with Gasteiger partial charge in [-0.05, 0) is 58.4 Å². The Kier molecular flexibility index (Phi) is 10.2. The van der Waals surface area contributed by atoms with E-state index in [9.17, 15) is 0 Å². The Balaban J connectivity index is 0.00000264. The Bertz CT molecular complexity index is 359. The molecule has 2 unspecified atom stereocenters. The van der Waals surface area contributed by atoms with Gasteiger partial charge in [-0.15, -0.1) is 24.0 Å². The quantitative estimate of drug-likeness (QED) is 0.367. The topological polar surface area (TPSA) is 39.7 Å². The molecule has 4 nitrogen and oxygen atoms in total. The number of nitrogens with one attached hydrogen (secondary N) is 2. The van der Waals surface area contributed by atoms with Gasteiger partial charge in [-0.25, -0.2) is 0 Å². The van der Waals surface area contributed by atoms with Gasteiger partial charge in [-0.1, -0.05) is 13.3 Å². The van der Waals surface area contributed by atoms with E-state index in [1.807, 2.05) is 0 Å². The maximum Gasteiger partial charge on any atom is 0.191 e. The number of guanidine groups is 1. The summed E-state index contributed by atoms with van der Waals surface area (Å²) in [6.45, 7) is 12.1. The highest BCUT2D eigenvalue weighted by Crippen LogP contribution is 2.37. The number of hydrogen-bond donors (Lipinski definition) is 2. The fourth-order valence-electron chi connectivity index (χ4n) is 3.47. The van der Waals surface area contributed by atoms with Crippen molar-refractivity contribution in [3.05, 3.63) is 0 Å². The number of piperidine rings is 1. The molecule has 0 aromatic carbocycles. The lowest BCUT2D eigenvalue weighted by atomic mass is 10.0. The van der Waals surface area contributed by atoms with Gasteiger partial charge in [0.15, 0.2) is 5.96 Å². The smallest absolute Gasteiger partial charge is 0.191 e. The minimum Gasteiger partial charge on any atom is -0.357 e. The van der Waals surface area contributed by atoms with E-state index < -0.39 is 0 Å². The second-order valence-electron chi connectivity index (χ2n) is 6.76. The Morgan fingerprint density at radius 2 is 2.09 bits per heavy atom. The van der Waals surface area contributed by atoms with Crippen LogP contribution >= 0.6 is 35.7 Å². The van der Waals surface area contributed by atoms with Gasteiger partial charge in [0.1, 0.15) is 0 Å². The number of aliphatic imine (C=N–C) groups is 1. The molecule has 2 N–H and O–H groups in total. The number of nitrogens with zero attached hydrogens (tertiary/aromatic N) is 2. The molecule has 136 valence electrons. The third kappa shape index (κ3) is 6.98. The van der Waals surface area contributed by atoms with Crippen molar-refractivity contribution in [2.75, 3.05) is 38.5 Å². The van der Waals surface area contributed by atoms with Crippen LogP contribution < -0.4 is 10.6 Å². The fourth-order valence-corrected chi connectivity index (χ4v) is 4.70. The summed E-state index contributed by atoms with van der Waals surface area (Å²) in [5, 5.41) is 6.99. The van der Waals surface area contributed by atoms with Crippen molar-refractivity contribution >= 4 is 41.7 Å². The number of thioether (sulfide) groups is 1. The Hall–Kier alpha value is 0.310. The molecule has 0 amide bonds. The van der Waals surface area contributed by atoms with Crippen LogP contribution in [-0.4, -0.2) is 60.1 Å². The van der Waals surface area contributed by atoms with Crippen LogP contribution in [0.2, 0.25) is 0 Å². The van der Waals surface area contributed by atoms with Crippen molar-refractivity contribution in [1.82, 2.24) is 15.5 Å². The van der Waals surface area contributed by atoms with Crippen LogP contribution in [0.1, 0.15) is 52.9 Å². The average molecular weight is 454 g/mol. The zero-order valence-corrected chi connectivity index (χ0v) is 18.2. The molecule has 23 heavy (non-hydrogen) atoms. The van der Waals surface area contributed by atoms with Crippen LogP contribution in [0, 0.1) is 0 Å². The predicted molar refractivity (Wildman–Crippen MR) is 114 cm³/mol. The lowest BCUT2D eigenvalue weighted by molar-refractivity contribution is 0.157. The summed E-state index contributed by atoms with van der Waals surface area (Å²) in [5.74, 6) is 2.29. The van der Waals surface area contributed by atoms with Crippen molar-refractivity contribution in [2.45, 2.75) is 63.7 Å². The predicted octanol–water partition coefficient (Wildman–Crippen LogP) is 3.32. The average Bonchev–Trinajstić information content (AvgIpc) is 2.97. The van der Waals surface area contributed by atoms with Crippen molar-refractivity contribution in [3.8, 4) is 0 Å². The normalized spacial score (nSPS) is 29.2. The van der Waals surface area contributed by atoms with E-state index in [0.717, 1.165) is 32.1 Å². The molecule has 0 aromatic rings. The number of rotatable bonds is 6. The molecule has 2 rings (SSSR count). The number of halogens is 1. The van der Waals surface area contributed by atoms with Crippen LogP contribution in [0.15, 0.2) is 4.99 Å². The van der Waals surface area contributed by atoms with E-state index in [1.54, 1.807) is 0 Å². The second kappa shape index (κ2) is 11.0. The van der Waals surface area contributed by atoms with Crippen LogP contribution in [-0.2, 0) is 0 Å². The van der Waals surface area contributed by atoms with Gasteiger partial charge in [0.05, 0.1) is 6.54 Å². The van der Waals surface area contributed by atoms with Crippen molar-refractivity contribution in [3.63, 3.8) is 0 Å². The maximum atomic E-state index is 4.86. The standard InChI is InChI=1S/C17H34N4S.HI/c1-4-18-16(20-14-17(3)10-8-12-22-17)19-13-15-9-6-7-11-21(15)5-2;/h15H,4-14H2,1-3H3,(H2,18,19,20);1H. The molecule has 0 aliphatic carbocycles. The zero-order valence-electron chi connectivity index (χ0n) is 15.1. The Morgan fingerprint density at radius 3 is 2.74 bits per heavy atom. The van der Waals surface area contributed by atoms with Crippen LogP contribution in [0.3, 0.4) is 0 Å². The van der Waals surface area contributed by atoms with E-state index in [-0.39, 0.29) is 24.0 Å². The summed E-state index contributed by atoms with van der Waals surface area (Å²) in [6.07, 6.45) is 6.67. The molecule has 2 heterocycles. The van der Waals surface area contributed by atoms with Crippen molar-refractivity contribution < 1.29 is 0 Å². The minimum atomic E-state index is 0. The molecule has 2 atom stereocenters. The summed E-state index contributed by atoms with van der Waals surface area (Å²) in [7, 11) is 0. The maximum absolute atomic E-state index is 4.86. The highest BCUT2D eigenvalue weighted by Gasteiger charge is 2.29. The third-order valence-corrected chi connectivity index (χ3v) is 6.40. The molecule has 0 spiro atoms. The molecule has 0 aromatic heterocycles. The highest BCUT2D eigenvalue weighted by molar-refractivity contribution is 14.0. The monoisotopic (exact) mass is 454 g/mol. The first-order valence-corrected chi connectivity index (χ1v) is 10.1. The molecule has 2 fully saturated rings. The van der Waals surface area contributed by atoms with Gasteiger partial charge in [-0.2, -0.15) is 11.8 Å². The fraction of sp³-hybridized carbons (Fsp3) is 0.941. The first kappa shape index (κ1) is 21.4. The number of likely N-dealkylation sites (N-methyl/N-ethyl adjacent to an activating group) is 1. The van der Waals surface area contributed by atoms with Crippen molar-refractivity contribution in [2.24, 2.45) is 4.99 Å². The molecular formula is C17H35IN4S. The van der Waals surface area contributed by atoms with E-state index >= 15 is 0 Å². The van der Waals surface area contributed by atoms with E-state index in [2.05, 4.69) is 48.1 Å². The second-order valence-corrected chi connectivity index (χ2v) is 8.44. The SMILES string of the molecule is CCNC(=NCC1(C)CCCS1)NCC1CCCCN1CC.I. The molecule has 6 heteroatoms. The lowest BCUT2D eigenvalue weighted by Gasteiger charge is -2.35.